The number of imidazole rings is 1. The van der Waals surface area contributed by atoms with E-state index in [2.05, 4.69) is 15.3 Å². The molecule has 156 valence electrons. The van der Waals surface area contributed by atoms with Crippen molar-refractivity contribution in [1.82, 2.24) is 9.97 Å². The molecule has 0 bridgehead atoms. The highest BCUT2D eigenvalue weighted by Crippen LogP contribution is 2.22. The van der Waals surface area contributed by atoms with Crippen LogP contribution in [0.3, 0.4) is 0 Å². The second-order valence-electron chi connectivity index (χ2n) is 7.27. The van der Waals surface area contributed by atoms with Gasteiger partial charge < -0.3 is 15.0 Å². The first-order valence-electron chi connectivity index (χ1n) is 9.69. The second kappa shape index (κ2) is 8.62. The number of rotatable bonds is 5. The van der Waals surface area contributed by atoms with E-state index in [1.807, 2.05) is 38.1 Å². The van der Waals surface area contributed by atoms with Gasteiger partial charge in [-0.05, 0) is 49.7 Å². The summed E-state index contributed by atoms with van der Waals surface area (Å²) >= 11 is 6.06. The topological polar surface area (TPSA) is 84.1 Å². The number of carbonyl (C=O) groups is 2. The molecule has 0 unspecified atom stereocenters. The van der Waals surface area contributed by atoms with Gasteiger partial charge in [-0.2, -0.15) is 0 Å². The van der Waals surface area contributed by atoms with Crippen molar-refractivity contribution in [3.8, 4) is 11.4 Å². The predicted molar refractivity (Wildman–Crippen MR) is 121 cm³/mol. The molecule has 7 heteroatoms. The lowest BCUT2D eigenvalue weighted by molar-refractivity contribution is -0.119. The van der Waals surface area contributed by atoms with Gasteiger partial charge in [-0.15, -0.1) is 0 Å². The summed E-state index contributed by atoms with van der Waals surface area (Å²) in [5.74, 6) is -0.320. The van der Waals surface area contributed by atoms with Gasteiger partial charge in [-0.1, -0.05) is 47.5 Å². The zero-order valence-corrected chi connectivity index (χ0v) is 17.8. The Balaban J connectivity index is 1.42. The summed E-state index contributed by atoms with van der Waals surface area (Å²) in [5, 5.41) is 3.20. The molecule has 0 radical (unpaired) electrons. The third-order valence-electron chi connectivity index (χ3n) is 4.83. The minimum absolute atomic E-state index is 0.331. The number of aromatic amines is 1. The summed E-state index contributed by atoms with van der Waals surface area (Å²) in [6.07, 6.45) is 0. The molecule has 2 N–H and O–H groups in total. The second-order valence-corrected chi connectivity index (χ2v) is 7.68. The third-order valence-corrected chi connectivity index (χ3v) is 5.24. The standard InChI is InChI=1S/C24H20ClN3O3/c1-14-3-6-16(7-4-14)23-27-20-10-8-17(11-21(20)28-23)24(30)31-13-22(29)26-18-9-5-15(2)19(25)12-18/h3-12H,13H2,1-2H3,(H,26,29)(H,27,28). The number of nitrogens with zero attached hydrogens (tertiary/aromatic N) is 1. The van der Waals surface area contributed by atoms with Crippen LogP contribution in [0.5, 0.6) is 0 Å². The van der Waals surface area contributed by atoms with Crippen molar-refractivity contribution in [2.75, 3.05) is 11.9 Å². The lowest BCUT2D eigenvalue weighted by Crippen LogP contribution is -2.20. The number of aryl methyl sites for hydroxylation is 2. The average Bonchev–Trinajstić information content (AvgIpc) is 3.18. The highest BCUT2D eigenvalue weighted by Gasteiger charge is 2.13. The number of fused-ring (bicyclic) bond motifs is 1. The number of hydrogen-bond acceptors (Lipinski definition) is 4. The normalized spacial score (nSPS) is 10.8. The number of esters is 1. The van der Waals surface area contributed by atoms with Gasteiger partial charge in [-0.3, -0.25) is 4.79 Å². The van der Waals surface area contributed by atoms with E-state index in [1.54, 1.807) is 36.4 Å². The van der Waals surface area contributed by atoms with Crippen molar-refractivity contribution in [2.24, 2.45) is 0 Å². The summed E-state index contributed by atoms with van der Waals surface area (Å²) in [7, 11) is 0. The summed E-state index contributed by atoms with van der Waals surface area (Å²) in [6, 6.07) is 18.2. The van der Waals surface area contributed by atoms with Crippen LogP contribution in [-0.2, 0) is 9.53 Å². The maximum atomic E-state index is 12.4. The van der Waals surface area contributed by atoms with Crippen LogP contribution in [-0.4, -0.2) is 28.5 Å². The fourth-order valence-electron chi connectivity index (χ4n) is 3.07. The fraction of sp³-hybridized carbons (Fsp3) is 0.125. The fourth-order valence-corrected chi connectivity index (χ4v) is 3.25. The number of amides is 1. The van der Waals surface area contributed by atoms with Crippen molar-refractivity contribution in [1.29, 1.82) is 0 Å². The largest absolute Gasteiger partial charge is 0.452 e. The Kier molecular flexibility index (Phi) is 5.73. The van der Waals surface area contributed by atoms with E-state index in [0.29, 0.717) is 21.8 Å². The van der Waals surface area contributed by atoms with Crippen LogP contribution in [0, 0.1) is 13.8 Å². The summed E-state index contributed by atoms with van der Waals surface area (Å²) < 4.78 is 5.15. The number of anilines is 1. The molecule has 0 aliphatic carbocycles. The highest BCUT2D eigenvalue weighted by molar-refractivity contribution is 6.31. The molecule has 0 saturated heterocycles. The molecule has 4 rings (SSSR count). The van der Waals surface area contributed by atoms with Gasteiger partial charge in [0, 0.05) is 16.3 Å². The van der Waals surface area contributed by atoms with E-state index in [4.69, 9.17) is 16.3 Å². The number of hydrogen-bond donors (Lipinski definition) is 2. The highest BCUT2D eigenvalue weighted by atomic mass is 35.5. The number of H-pyrrole nitrogens is 1. The molecule has 0 spiro atoms. The minimum Gasteiger partial charge on any atom is -0.452 e. The average molecular weight is 434 g/mol. The van der Waals surface area contributed by atoms with E-state index in [0.717, 1.165) is 22.5 Å². The van der Waals surface area contributed by atoms with Gasteiger partial charge in [0.25, 0.3) is 5.91 Å². The number of halogens is 1. The van der Waals surface area contributed by atoms with E-state index in [1.165, 1.54) is 5.56 Å². The summed E-state index contributed by atoms with van der Waals surface area (Å²) in [5.41, 5.74) is 5.35. The first-order valence-corrected chi connectivity index (χ1v) is 10.1. The van der Waals surface area contributed by atoms with Crippen LogP contribution in [0.25, 0.3) is 22.4 Å². The van der Waals surface area contributed by atoms with Crippen LogP contribution in [0.4, 0.5) is 5.69 Å². The van der Waals surface area contributed by atoms with Crippen LogP contribution >= 0.6 is 11.6 Å². The number of nitrogens with one attached hydrogen (secondary N) is 2. The molecule has 0 fully saturated rings. The number of aromatic nitrogens is 2. The zero-order chi connectivity index (χ0) is 22.0. The SMILES string of the molecule is Cc1ccc(-c2nc3ccc(C(=O)OCC(=O)Nc4ccc(C)c(Cl)c4)cc3[nH]2)cc1. The molecule has 0 atom stereocenters. The molecule has 1 aromatic heterocycles. The predicted octanol–water partition coefficient (Wildman–Crippen LogP) is 5.30. The smallest absolute Gasteiger partial charge is 0.338 e. The lowest BCUT2D eigenvalue weighted by Gasteiger charge is -2.08. The van der Waals surface area contributed by atoms with Crippen molar-refractivity contribution >= 4 is 40.2 Å². The van der Waals surface area contributed by atoms with Gasteiger partial charge >= 0.3 is 5.97 Å². The van der Waals surface area contributed by atoms with Gasteiger partial charge in [0.1, 0.15) is 5.82 Å². The third kappa shape index (κ3) is 4.75. The summed E-state index contributed by atoms with van der Waals surface area (Å²) in [4.78, 5) is 32.3. The molecule has 0 saturated carbocycles. The molecule has 4 aromatic rings. The van der Waals surface area contributed by atoms with E-state index < -0.39 is 18.5 Å². The van der Waals surface area contributed by atoms with Crippen molar-refractivity contribution < 1.29 is 14.3 Å². The molecule has 31 heavy (non-hydrogen) atoms. The molecule has 3 aromatic carbocycles. The Morgan fingerprint density at radius 3 is 2.55 bits per heavy atom. The number of carbonyl (C=O) groups excluding carboxylic acids is 2. The van der Waals surface area contributed by atoms with E-state index in [-0.39, 0.29) is 0 Å². The van der Waals surface area contributed by atoms with Gasteiger partial charge in [-0.25, -0.2) is 9.78 Å². The minimum atomic E-state index is -0.592. The quantitative estimate of drug-likeness (QED) is 0.418. The molecule has 6 nitrogen and oxygen atoms in total. The van der Waals surface area contributed by atoms with Crippen molar-refractivity contribution in [3.05, 3.63) is 82.4 Å². The Hall–Kier alpha value is -3.64. The molecular weight excluding hydrogens is 414 g/mol. The van der Waals surface area contributed by atoms with E-state index >= 15 is 0 Å². The monoisotopic (exact) mass is 433 g/mol. The molecule has 1 heterocycles. The Labute approximate surface area is 184 Å². The lowest BCUT2D eigenvalue weighted by atomic mass is 10.1. The number of benzene rings is 3. The Morgan fingerprint density at radius 2 is 1.81 bits per heavy atom. The first-order chi connectivity index (χ1) is 14.9. The van der Waals surface area contributed by atoms with Crippen molar-refractivity contribution in [3.63, 3.8) is 0 Å². The van der Waals surface area contributed by atoms with Crippen LogP contribution < -0.4 is 5.32 Å². The molecule has 0 aliphatic heterocycles. The van der Waals surface area contributed by atoms with Gasteiger partial charge in [0.2, 0.25) is 0 Å². The Bertz CT molecular complexity index is 1280. The van der Waals surface area contributed by atoms with Gasteiger partial charge in [0.05, 0.1) is 16.6 Å². The maximum absolute atomic E-state index is 12.4. The Morgan fingerprint density at radius 1 is 1.03 bits per heavy atom. The number of ether oxygens (including phenoxy) is 1. The maximum Gasteiger partial charge on any atom is 0.338 e. The molecule has 0 aliphatic rings. The first kappa shape index (κ1) is 20.6. The molecule has 1 amide bonds. The van der Waals surface area contributed by atoms with Gasteiger partial charge in [0.15, 0.2) is 6.61 Å². The van der Waals surface area contributed by atoms with Crippen LogP contribution in [0.15, 0.2) is 60.7 Å². The molecular formula is C24H20ClN3O3. The van der Waals surface area contributed by atoms with Crippen LogP contribution in [0.1, 0.15) is 21.5 Å². The zero-order valence-electron chi connectivity index (χ0n) is 17.0. The van der Waals surface area contributed by atoms with Crippen LogP contribution in [0.2, 0.25) is 5.02 Å². The van der Waals surface area contributed by atoms with Crippen molar-refractivity contribution in [2.45, 2.75) is 13.8 Å². The van der Waals surface area contributed by atoms with E-state index in [9.17, 15) is 9.59 Å². The summed E-state index contributed by atoms with van der Waals surface area (Å²) in [6.45, 7) is 3.49.